The van der Waals surface area contributed by atoms with Crippen LogP contribution in [0.1, 0.15) is 15.9 Å². The van der Waals surface area contributed by atoms with Crippen LogP contribution in [-0.2, 0) is 0 Å². The molecule has 0 unspecified atom stereocenters. The van der Waals surface area contributed by atoms with E-state index in [1.165, 1.54) is 19.2 Å². The minimum atomic E-state index is -0.388. The number of hydrogen-bond donors (Lipinski definition) is 2. The molecule has 0 radical (unpaired) electrons. The van der Waals surface area contributed by atoms with Crippen molar-refractivity contribution in [3.63, 3.8) is 0 Å². The lowest BCUT2D eigenvalue weighted by Gasteiger charge is -2.08. The van der Waals surface area contributed by atoms with E-state index in [-0.39, 0.29) is 11.6 Å². The van der Waals surface area contributed by atoms with Gasteiger partial charge in [-0.05, 0) is 30.3 Å². The molecule has 1 heterocycles. The van der Waals surface area contributed by atoms with Gasteiger partial charge in [0.1, 0.15) is 11.6 Å². The number of anilines is 1. The van der Waals surface area contributed by atoms with Gasteiger partial charge in [-0.2, -0.15) is 0 Å². The Kier molecular flexibility index (Phi) is 3.10. The molecule has 2 aromatic carbocycles. The predicted octanol–water partition coefficient (Wildman–Crippen LogP) is 3.13. The van der Waals surface area contributed by atoms with Crippen molar-refractivity contribution in [1.29, 1.82) is 0 Å². The maximum Gasteiger partial charge on any atom is 0.198 e. The summed E-state index contributed by atoms with van der Waals surface area (Å²) >= 11 is 0. The molecule has 1 aromatic heterocycles. The van der Waals surface area contributed by atoms with Crippen LogP contribution < -0.4 is 10.5 Å². The summed E-state index contributed by atoms with van der Waals surface area (Å²) in [6.07, 6.45) is 1.57. The molecule has 0 atom stereocenters. The van der Waals surface area contributed by atoms with Gasteiger partial charge >= 0.3 is 0 Å². The largest absolute Gasteiger partial charge is 0.496 e. The van der Waals surface area contributed by atoms with Gasteiger partial charge in [-0.15, -0.1) is 0 Å². The molecule has 0 aliphatic heterocycles. The molecule has 0 bridgehead atoms. The van der Waals surface area contributed by atoms with Crippen LogP contribution in [0.25, 0.3) is 10.9 Å². The molecule has 3 aromatic rings. The summed E-state index contributed by atoms with van der Waals surface area (Å²) in [5.74, 6) is -0.241. The molecule has 3 N–H and O–H groups in total. The van der Waals surface area contributed by atoms with E-state index in [2.05, 4.69) is 4.98 Å². The monoisotopic (exact) mass is 284 g/mol. The number of aromatic amines is 1. The highest BCUT2D eigenvalue weighted by molar-refractivity contribution is 6.17. The molecule has 21 heavy (non-hydrogen) atoms. The molecule has 106 valence electrons. The topological polar surface area (TPSA) is 68.1 Å². The van der Waals surface area contributed by atoms with Crippen molar-refractivity contribution in [2.45, 2.75) is 0 Å². The van der Waals surface area contributed by atoms with Gasteiger partial charge in [-0.25, -0.2) is 4.39 Å². The lowest BCUT2D eigenvalue weighted by molar-refractivity contribution is 0.103. The molecule has 3 rings (SSSR count). The third-order valence-electron chi connectivity index (χ3n) is 3.36. The summed E-state index contributed by atoms with van der Waals surface area (Å²) < 4.78 is 18.6. The second-order valence-electron chi connectivity index (χ2n) is 4.68. The summed E-state index contributed by atoms with van der Waals surface area (Å²) in [7, 11) is 1.47. The van der Waals surface area contributed by atoms with E-state index in [9.17, 15) is 9.18 Å². The zero-order chi connectivity index (χ0) is 15.0. The number of carbonyl (C=O) groups is 1. The van der Waals surface area contributed by atoms with Crippen LogP contribution in [0.2, 0.25) is 0 Å². The molecule has 0 spiro atoms. The van der Waals surface area contributed by atoms with Gasteiger partial charge in [0.05, 0.1) is 12.7 Å². The average molecular weight is 284 g/mol. The number of ketones is 1. The number of fused-ring (bicyclic) bond motifs is 1. The summed E-state index contributed by atoms with van der Waals surface area (Å²) in [5.41, 5.74) is 7.68. The Labute approximate surface area is 120 Å². The number of ether oxygens (including phenoxy) is 1. The number of H-pyrrole nitrogens is 1. The Bertz CT molecular complexity index is 839. The first kappa shape index (κ1) is 13.2. The van der Waals surface area contributed by atoms with Gasteiger partial charge in [0.2, 0.25) is 0 Å². The van der Waals surface area contributed by atoms with Gasteiger partial charge in [0.25, 0.3) is 0 Å². The van der Waals surface area contributed by atoms with Crippen molar-refractivity contribution in [3.05, 3.63) is 59.5 Å². The van der Waals surface area contributed by atoms with E-state index < -0.39 is 0 Å². The number of rotatable bonds is 3. The van der Waals surface area contributed by atoms with Crippen LogP contribution in [0, 0.1) is 5.82 Å². The van der Waals surface area contributed by atoms with E-state index in [1.807, 2.05) is 0 Å². The van der Waals surface area contributed by atoms with E-state index in [1.54, 1.807) is 30.5 Å². The number of aromatic nitrogens is 1. The molecule has 0 saturated heterocycles. The SMILES string of the molecule is COc1cc(N)ccc1C(=O)c1c[nH]c2ccc(F)cc12. The number of methoxy groups -OCH3 is 1. The average Bonchev–Trinajstić information content (AvgIpc) is 2.89. The highest BCUT2D eigenvalue weighted by Gasteiger charge is 2.18. The third-order valence-corrected chi connectivity index (χ3v) is 3.36. The Morgan fingerprint density at radius 1 is 1.19 bits per heavy atom. The molecular weight excluding hydrogens is 271 g/mol. The minimum Gasteiger partial charge on any atom is -0.496 e. The first-order valence-electron chi connectivity index (χ1n) is 6.35. The van der Waals surface area contributed by atoms with Crippen LogP contribution in [0.4, 0.5) is 10.1 Å². The van der Waals surface area contributed by atoms with Crippen molar-refractivity contribution < 1.29 is 13.9 Å². The minimum absolute atomic E-state index is 0.247. The smallest absolute Gasteiger partial charge is 0.198 e. The van der Waals surface area contributed by atoms with E-state index >= 15 is 0 Å². The van der Waals surface area contributed by atoms with Crippen molar-refractivity contribution in [2.24, 2.45) is 0 Å². The number of nitrogens with one attached hydrogen (secondary N) is 1. The van der Waals surface area contributed by atoms with Crippen molar-refractivity contribution in [1.82, 2.24) is 4.98 Å². The first-order chi connectivity index (χ1) is 10.1. The molecule has 0 fully saturated rings. The third kappa shape index (κ3) is 2.23. The van der Waals surface area contributed by atoms with Crippen LogP contribution in [0.3, 0.4) is 0 Å². The number of hydrogen-bond acceptors (Lipinski definition) is 3. The molecule has 0 saturated carbocycles. The fourth-order valence-corrected chi connectivity index (χ4v) is 2.32. The quantitative estimate of drug-likeness (QED) is 0.573. The molecule has 4 nitrogen and oxygen atoms in total. The highest BCUT2D eigenvalue weighted by Crippen LogP contribution is 2.27. The zero-order valence-electron chi connectivity index (χ0n) is 11.3. The summed E-state index contributed by atoms with van der Waals surface area (Å²) in [4.78, 5) is 15.6. The maximum atomic E-state index is 13.4. The Balaban J connectivity index is 2.15. The van der Waals surface area contributed by atoms with E-state index in [4.69, 9.17) is 10.5 Å². The van der Waals surface area contributed by atoms with Crippen LogP contribution >= 0.6 is 0 Å². The second-order valence-corrected chi connectivity index (χ2v) is 4.68. The van der Waals surface area contributed by atoms with E-state index in [0.717, 1.165) is 0 Å². The van der Waals surface area contributed by atoms with E-state index in [0.29, 0.717) is 33.5 Å². The van der Waals surface area contributed by atoms with Gasteiger partial charge in [-0.1, -0.05) is 0 Å². The van der Waals surface area contributed by atoms with Crippen LogP contribution in [0.5, 0.6) is 5.75 Å². The highest BCUT2D eigenvalue weighted by atomic mass is 19.1. The van der Waals surface area contributed by atoms with Crippen molar-refractivity contribution in [2.75, 3.05) is 12.8 Å². The summed E-state index contributed by atoms with van der Waals surface area (Å²) in [6, 6.07) is 9.10. The fraction of sp³-hybridized carbons (Fsp3) is 0.0625. The predicted molar refractivity (Wildman–Crippen MR) is 79.1 cm³/mol. The normalized spacial score (nSPS) is 10.8. The zero-order valence-corrected chi connectivity index (χ0v) is 11.3. The number of halogens is 1. The standard InChI is InChI=1S/C16H13FN2O2/c1-21-15-7-10(18)3-4-11(15)16(20)13-8-19-14-5-2-9(17)6-12(13)14/h2-8,19H,18H2,1H3. The van der Waals surface area contributed by atoms with Gasteiger partial charge in [0.15, 0.2) is 5.78 Å². The summed E-state index contributed by atoms with van der Waals surface area (Å²) in [5, 5.41) is 0.541. The molecule has 0 amide bonds. The first-order valence-corrected chi connectivity index (χ1v) is 6.35. The Morgan fingerprint density at radius 2 is 2.00 bits per heavy atom. The molecule has 0 aliphatic rings. The lowest BCUT2D eigenvalue weighted by Crippen LogP contribution is -2.04. The second kappa shape index (κ2) is 4.94. The Hall–Kier alpha value is -2.82. The summed E-state index contributed by atoms with van der Waals surface area (Å²) in [6.45, 7) is 0. The van der Waals surface area contributed by atoms with Crippen molar-refractivity contribution in [3.8, 4) is 5.75 Å². The lowest BCUT2D eigenvalue weighted by atomic mass is 10.0. The molecule has 0 aliphatic carbocycles. The van der Waals surface area contributed by atoms with Crippen LogP contribution in [-0.4, -0.2) is 17.9 Å². The van der Waals surface area contributed by atoms with Gasteiger partial charge in [-0.3, -0.25) is 4.79 Å². The van der Waals surface area contributed by atoms with Gasteiger partial charge in [0, 0.05) is 34.4 Å². The number of benzene rings is 2. The number of carbonyl (C=O) groups excluding carboxylic acids is 1. The maximum absolute atomic E-state index is 13.4. The van der Waals surface area contributed by atoms with Crippen molar-refractivity contribution >= 4 is 22.4 Å². The fourth-order valence-electron chi connectivity index (χ4n) is 2.32. The van der Waals surface area contributed by atoms with Gasteiger partial charge < -0.3 is 15.5 Å². The van der Waals surface area contributed by atoms with Crippen LogP contribution in [0.15, 0.2) is 42.6 Å². The molecular formula is C16H13FN2O2. The number of nitrogen functional groups attached to an aromatic ring is 1. The number of nitrogens with two attached hydrogens (primary N) is 1. The molecule has 5 heteroatoms. The Morgan fingerprint density at radius 3 is 2.76 bits per heavy atom.